The van der Waals surface area contributed by atoms with E-state index in [9.17, 15) is 14.4 Å². The van der Waals surface area contributed by atoms with Gasteiger partial charge in [0.25, 0.3) is 0 Å². The number of ether oxygens (including phenoxy) is 2. The van der Waals surface area contributed by atoms with Crippen LogP contribution in [-0.2, 0) is 38.6 Å². The van der Waals surface area contributed by atoms with Crippen molar-refractivity contribution in [2.75, 3.05) is 26.4 Å². The second-order valence-electron chi connectivity index (χ2n) is 11.9. The minimum absolute atomic E-state index is 0.0891. The molecule has 11 nitrogen and oxygen atoms in total. The third-order valence-electron chi connectivity index (χ3n) is 8.39. The number of pyridine rings is 1. The molecular formula is C33H34BrFN6O5. The average molecular weight is 694 g/mol. The Morgan fingerprint density at radius 1 is 1.09 bits per heavy atom. The van der Waals surface area contributed by atoms with Crippen LogP contribution in [0.2, 0.25) is 0 Å². The number of carbonyl (C=O) groups excluding carboxylic acids is 3. The fourth-order valence-corrected chi connectivity index (χ4v) is 6.35. The number of likely N-dealkylation sites (tertiary alicyclic amines) is 1. The third kappa shape index (κ3) is 6.91. The molecule has 5 heterocycles. The van der Waals surface area contributed by atoms with Crippen LogP contribution in [0, 0.1) is 6.92 Å². The van der Waals surface area contributed by atoms with Gasteiger partial charge in [-0.2, -0.15) is 5.10 Å². The Kier molecular flexibility index (Phi) is 9.34. The molecule has 2 aliphatic rings. The molecule has 13 heteroatoms. The number of halogens is 2. The van der Waals surface area contributed by atoms with Crippen molar-refractivity contribution in [3.05, 3.63) is 70.1 Å². The smallest absolute Gasteiger partial charge is 0.245 e. The van der Waals surface area contributed by atoms with Crippen molar-refractivity contribution in [1.29, 1.82) is 0 Å². The first-order chi connectivity index (χ1) is 22.1. The van der Waals surface area contributed by atoms with Crippen LogP contribution in [-0.4, -0.2) is 85.2 Å². The number of alkyl halides is 1. The van der Waals surface area contributed by atoms with E-state index in [2.05, 4.69) is 36.0 Å². The van der Waals surface area contributed by atoms with Crippen LogP contribution in [0.5, 0.6) is 0 Å². The number of ketones is 2. The number of nitrogens with zero attached hydrogens (tertiary/aromatic N) is 6. The lowest BCUT2D eigenvalue weighted by molar-refractivity contribution is -0.138. The molecule has 46 heavy (non-hydrogen) atoms. The summed E-state index contributed by atoms with van der Waals surface area (Å²) in [5, 5.41) is 5.06. The largest absolute Gasteiger partial charge is 0.378 e. The molecule has 0 aliphatic carbocycles. The van der Waals surface area contributed by atoms with Gasteiger partial charge in [-0.3, -0.25) is 19.1 Å². The van der Waals surface area contributed by atoms with Crippen molar-refractivity contribution in [3.8, 4) is 11.1 Å². The lowest BCUT2D eigenvalue weighted by atomic mass is 9.97. The van der Waals surface area contributed by atoms with E-state index in [4.69, 9.17) is 9.47 Å². The predicted molar refractivity (Wildman–Crippen MR) is 170 cm³/mol. The number of benzene rings is 1. The summed E-state index contributed by atoms with van der Waals surface area (Å²) < 4.78 is 29.8. The number of amides is 1. The van der Waals surface area contributed by atoms with Crippen LogP contribution in [0.4, 0.5) is 4.39 Å². The van der Waals surface area contributed by atoms with Crippen molar-refractivity contribution < 1.29 is 28.2 Å². The molecule has 6 rings (SSSR count). The second-order valence-corrected chi connectivity index (χ2v) is 12.7. The number of aromatic nitrogens is 5. The maximum Gasteiger partial charge on any atom is 0.245 e. The Labute approximate surface area is 273 Å². The van der Waals surface area contributed by atoms with Crippen LogP contribution in [0.25, 0.3) is 22.0 Å². The first-order valence-corrected chi connectivity index (χ1v) is 16.0. The minimum Gasteiger partial charge on any atom is -0.378 e. The number of hydrogen-bond donors (Lipinski definition) is 0. The van der Waals surface area contributed by atoms with Crippen molar-refractivity contribution in [2.24, 2.45) is 0 Å². The molecule has 2 bridgehead atoms. The average Bonchev–Trinajstić information content (AvgIpc) is 3.57. The normalized spacial score (nSPS) is 21.1. The van der Waals surface area contributed by atoms with E-state index >= 15 is 4.39 Å². The first kappa shape index (κ1) is 32.0. The number of fused-ring (bicyclic) bond motifs is 4. The number of rotatable bonds is 4. The minimum atomic E-state index is -1.90. The van der Waals surface area contributed by atoms with Gasteiger partial charge in [-0.05, 0) is 65.0 Å². The van der Waals surface area contributed by atoms with Crippen LogP contribution >= 0.6 is 15.9 Å². The Hall–Kier alpha value is -3.94. The Bertz CT molecular complexity index is 1800. The van der Waals surface area contributed by atoms with Crippen LogP contribution in [0.3, 0.4) is 0 Å². The Balaban J connectivity index is 1.30. The van der Waals surface area contributed by atoms with Crippen molar-refractivity contribution >= 4 is 44.3 Å². The van der Waals surface area contributed by atoms with Gasteiger partial charge in [-0.25, -0.2) is 19.3 Å². The van der Waals surface area contributed by atoms with Gasteiger partial charge in [-0.1, -0.05) is 12.1 Å². The van der Waals surface area contributed by atoms with Gasteiger partial charge in [0, 0.05) is 49.9 Å². The number of hydrogen-bond acceptors (Lipinski definition) is 9. The molecule has 4 aromatic rings. The summed E-state index contributed by atoms with van der Waals surface area (Å²) in [7, 11) is 0. The zero-order valence-corrected chi connectivity index (χ0v) is 27.3. The predicted octanol–water partition coefficient (Wildman–Crippen LogP) is 4.61. The van der Waals surface area contributed by atoms with Crippen LogP contribution in [0.1, 0.15) is 53.8 Å². The molecule has 2 atom stereocenters. The summed E-state index contributed by atoms with van der Waals surface area (Å²) in [6, 6.07) is 8.06. The maximum absolute atomic E-state index is 16.3. The zero-order valence-electron chi connectivity index (χ0n) is 25.7. The lowest BCUT2D eigenvalue weighted by Crippen LogP contribution is -2.43. The highest BCUT2D eigenvalue weighted by molar-refractivity contribution is 9.10. The van der Waals surface area contributed by atoms with Gasteiger partial charge >= 0.3 is 0 Å². The number of aryl methyl sites for hydroxylation is 1. The SMILES string of the molecule is CC(=O)c1nn(CC(=O)N2C[C@@]3(F)COCCCCOCc4ccc(Br)nc4CC(=O)[C@@H]2C3)c2ccc(-c3cnc(C)nc3)cc12. The highest BCUT2D eigenvalue weighted by atomic mass is 79.9. The molecule has 1 aromatic carbocycles. The number of Topliss-reactive ketones (excluding diaryl/α,β-unsaturated/α-hetero) is 2. The van der Waals surface area contributed by atoms with E-state index in [1.54, 1.807) is 31.5 Å². The molecule has 240 valence electrons. The zero-order chi connectivity index (χ0) is 32.4. The lowest BCUT2D eigenvalue weighted by Gasteiger charge is -2.24. The summed E-state index contributed by atoms with van der Waals surface area (Å²) in [6.07, 6.45) is 4.56. The molecule has 2 aliphatic heterocycles. The highest BCUT2D eigenvalue weighted by Gasteiger charge is 2.49. The maximum atomic E-state index is 16.3. The molecule has 1 fully saturated rings. The van der Waals surface area contributed by atoms with Crippen molar-refractivity contribution in [1.82, 2.24) is 29.6 Å². The quantitative estimate of drug-likeness (QED) is 0.222. The Morgan fingerprint density at radius 2 is 1.85 bits per heavy atom. The van der Waals surface area contributed by atoms with Crippen molar-refractivity contribution in [3.63, 3.8) is 0 Å². The summed E-state index contributed by atoms with van der Waals surface area (Å²) in [5.74, 6) is -0.439. The molecule has 0 spiro atoms. The second kappa shape index (κ2) is 13.4. The third-order valence-corrected chi connectivity index (χ3v) is 8.83. The molecule has 1 saturated heterocycles. The standard InChI is InChI=1S/C33H34BrFN6O5/c1-20(42)32-25-11-22(24-14-36-21(2)37-15-24)5-7-27(25)41(39-32)16-31(44)40-18-33(35)13-28(40)29(43)12-26-23(6-8-30(34)38-26)17-45-9-3-4-10-46-19-33/h5-8,11,14-15,28H,3-4,9-10,12-13,16-19H2,1-2H3/t28-,33+/m0/s1. The highest BCUT2D eigenvalue weighted by Crippen LogP contribution is 2.34. The van der Waals surface area contributed by atoms with Crippen LogP contribution in [0.15, 0.2) is 47.3 Å². The summed E-state index contributed by atoms with van der Waals surface area (Å²) >= 11 is 3.38. The summed E-state index contributed by atoms with van der Waals surface area (Å²) in [4.78, 5) is 54.7. The van der Waals surface area contributed by atoms with E-state index in [1.807, 2.05) is 18.2 Å². The van der Waals surface area contributed by atoms with E-state index in [0.29, 0.717) is 46.7 Å². The molecule has 0 radical (unpaired) electrons. The fourth-order valence-electron chi connectivity index (χ4n) is 6.01. The number of carbonyl (C=O) groups is 3. The van der Waals surface area contributed by atoms with Gasteiger partial charge in [0.2, 0.25) is 5.91 Å². The molecule has 0 saturated carbocycles. The van der Waals surface area contributed by atoms with Gasteiger partial charge < -0.3 is 14.4 Å². The van der Waals surface area contributed by atoms with E-state index in [1.165, 1.54) is 16.5 Å². The topological polar surface area (TPSA) is 129 Å². The van der Waals surface area contributed by atoms with Gasteiger partial charge in [0.15, 0.2) is 17.2 Å². The summed E-state index contributed by atoms with van der Waals surface area (Å²) in [5.41, 5.74) is 1.71. The fraction of sp³-hybridized carbons (Fsp3) is 0.424. The molecule has 0 unspecified atom stereocenters. The monoisotopic (exact) mass is 692 g/mol. The molecular weight excluding hydrogens is 659 g/mol. The molecule has 3 aromatic heterocycles. The van der Waals surface area contributed by atoms with Gasteiger partial charge in [-0.15, -0.1) is 0 Å². The van der Waals surface area contributed by atoms with Gasteiger partial charge in [0.1, 0.15) is 22.7 Å². The van der Waals surface area contributed by atoms with Crippen LogP contribution < -0.4 is 0 Å². The van der Waals surface area contributed by atoms with E-state index in [-0.39, 0.29) is 56.4 Å². The molecule has 0 N–H and O–H groups in total. The van der Waals surface area contributed by atoms with E-state index in [0.717, 1.165) is 23.1 Å². The van der Waals surface area contributed by atoms with E-state index < -0.39 is 17.6 Å². The van der Waals surface area contributed by atoms with Crippen molar-refractivity contribution in [2.45, 2.75) is 64.4 Å². The first-order valence-electron chi connectivity index (χ1n) is 15.2. The molecule has 1 amide bonds. The van der Waals surface area contributed by atoms with Gasteiger partial charge in [0.05, 0.1) is 43.4 Å². The Morgan fingerprint density at radius 3 is 2.61 bits per heavy atom. The summed E-state index contributed by atoms with van der Waals surface area (Å²) in [6.45, 7) is 3.54.